The van der Waals surface area contributed by atoms with Gasteiger partial charge in [-0.25, -0.2) is 4.99 Å². The van der Waals surface area contributed by atoms with Gasteiger partial charge in [0.1, 0.15) is 12.4 Å². The van der Waals surface area contributed by atoms with Crippen molar-refractivity contribution in [3.63, 3.8) is 0 Å². The molecule has 2 aromatic carbocycles. The summed E-state index contributed by atoms with van der Waals surface area (Å²) in [6.45, 7) is 3.11. The molecular weight excluding hydrogens is 421 g/mol. The first-order valence-electron chi connectivity index (χ1n) is 7.57. The molecule has 2 aromatic rings. The maximum atomic E-state index is 6.01. The fraction of sp³-hybridized carbons (Fsp3) is 0.353. The molecule has 23 heavy (non-hydrogen) atoms. The van der Waals surface area contributed by atoms with Crippen molar-refractivity contribution in [3.05, 3.63) is 42.5 Å². The third-order valence-corrected chi connectivity index (χ3v) is 4.63. The third kappa shape index (κ3) is 5.17. The summed E-state index contributed by atoms with van der Waals surface area (Å²) in [5.74, 6) is 3.78. The van der Waals surface area contributed by atoms with Gasteiger partial charge in [0, 0.05) is 24.6 Å². The standard InChI is InChI=1S/C17H21N3OS.HI/c18-17(20-8-11-22-12-9-20)19-7-10-21-16-6-5-14-3-1-2-4-15(14)13-16;/h1-6,13H,7-12H2,(H2,18,19);1H. The van der Waals surface area contributed by atoms with Gasteiger partial charge >= 0.3 is 0 Å². The van der Waals surface area contributed by atoms with Crippen molar-refractivity contribution < 1.29 is 4.74 Å². The number of benzene rings is 2. The van der Waals surface area contributed by atoms with E-state index in [1.54, 1.807) is 0 Å². The van der Waals surface area contributed by atoms with Crippen LogP contribution in [0.2, 0.25) is 0 Å². The minimum absolute atomic E-state index is 0. The second kappa shape index (κ2) is 9.22. The van der Waals surface area contributed by atoms with E-state index in [4.69, 9.17) is 10.5 Å². The molecule has 0 aliphatic carbocycles. The van der Waals surface area contributed by atoms with Crippen LogP contribution in [0.25, 0.3) is 10.8 Å². The number of nitrogens with two attached hydrogens (primary N) is 1. The van der Waals surface area contributed by atoms with E-state index < -0.39 is 0 Å². The zero-order valence-corrected chi connectivity index (χ0v) is 16.1. The second-order valence-corrected chi connectivity index (χ2v) is 6.42. The van der Waals surface area contributed by atoms with Crippen LogP contribution in [0.1, 0.15) is 0 Å². The van der Waals surface area contributed by atoms with Gasteiger partial charge in [-0.05, 0) is 22.9 Å². The van der Waals surface area contributed by atoms with Crippen molar-refractivity contribution in [1.82, 2.24) is 4.90 Å². The number of hydrogen-bond acceptors (Lipinski definition) is 3. The van der Waals surface area contributed by atoms with E-state index in [1.807, 2.05) is 30.0 Å². The lowest BCUT2D eigenvalue weighted by atomic mass is 10.1. The van der Waals surface area contributed by atoms with Gasteiger partial charge in [0.15, 0.2) is 5.96 Å². The molecule has 6 heteroatoms. The molecule has 0 aromatic heterocycles. The van der Waals surface area contributed by atoms with Gasteiger partial charge in [-0.2, -0.15) is 11.8 Å². The van der Waals surface area contributed by atoms with E-state index >= 15 is 0 Å². The molecule has 4 nitrogen and oxygen atoms in total. The molecule has 0 unspecified atom stereocenters. The average Bonchev–Trinajstić information content (AvgIpc) is 2.59. The fourth-order valence-corrected chi connectivity index (χ4v) is 3.38. The lowest BCUT2D eigenvalue weighted by Gasteiger charge is -2.27. The molecule has 1 saturated heterocycles. The fourth-order valence-electron chi connectivity index (χ4n) is 2.47. The van der Waals surface area contributed by atoms with Gasteiger partial charge in [-0.15, -0.1) is 24.0 Å². The monoisotopic (exact) mass is 443 g/mol. The lowest BCUT2D eigenvalue weighted by molar-refractivity contribution is 0.328. The second-order valence-electron chi connectivity index (χ2n) is 5.20. The van der Waals surface area contributed by atoms with E-state index in [9.17, 15) is 0 Å². The van der Waals surface area contributed by atoms with E-state index in [0.717, 1.165) is 30.3 Å². The highest BCUT2D eigenvalue weighted by atomic mass is 127. The van der Waals surface area contributed by atoms with Crippen LogP contribution in [0.3, 0.4) is 0 Å². The summed E-state index contributed by atoms with van der Waals surface area (Å²) >= 11 is 1.97. The molecular formula is C17H22IN3OS. The van der Waals surface area contributed by atoms with Crippen LogP contribution in [-0.4, -0.2) is 48.6 Å². The van der Waals surface area contributed by atoms with Crippen molar-refractivity contribution in [2.75, 3.05) is 37.7 Å². The highest BCUT2D eigenvalue weighted by Crippen LogP contribution is 2.20. The summed E-state index contributed by atoms with van der Waals surface area (Å²) in [6, 6.07) is 14.4. The van der Waals surface area contributed by atoms with E-state index in [2.05, 4.69) is 34.2 Å². The van der Waals surface area contributed by atoms with Crippen LogP contribution in [0.4, 0.5) is 0 Å². The van der Waals surface area contributed by atoms with Gasteiger partial charge < -0.3 is 15.4 Å². The Hall–Kier alpha value is -1.15. The first kappa shape index (κ1) is 18.2. The lowest BCUT2D eigenvalue weighted by Crippen LogP contribution is -2.42. The Kier molecular flexibility index (Phi) is 7.29. The summed E-state index contributed by atoms with van der Waals surface area (Å²) in [4.78, 5) is 6.56. The topological polar surface area (TPSA) is 50.9 Å². The number of ether oxygens (including phenoxy) is 1. The largest absolute Gasteiger partial charge is 0.492 e. The van der Waals surface area contributed by atoms with Crippen LogP contribution in [0, 0.1) is 0 Å². The summed E-state index contributed by atoms with van der Waals surface area (Å²) in [5, 5.41) is 2.41. The minimum Gasteiger partial charge on any atom is -0.492 e. The summed E-state index contributed by atoms with van der Waals surface area (Å²) in [5.41, 5.74) is 6.01. The van der Waals surface area contributed by atoms with Gasteiger partial charge in [-0.1, -0.05) is 30.3 Å². The van der Waals surface area contributed by atoms with Crippen LogP contribution in [0.5, 0.6) is 5.75 Å². The van der Waals surface area contributed by atoms with Crippen molar-refractivity contribution in [1.29, 1.82) is 0 Å². The maximum absolute atomic E-state index is 6.01. The number of nitrogens with zero attached hydrogens (tertiary/aromatic N) is 2. The first-order valence-corrected chi connectivity index (χ1v) is 8.72. The molecule has 1 aliphatic heterocycles. The Balaban J connectivity index is 0.00000192. The molecule has 1 aliphatic rings. The Bertz CT molecular complexity index is 659. The number of halogens is 1. The van der Waals surface area contributed by atoms with Gasteiger partial charge in [0.05, 0.1) is 6.54 Å². The third-order valence-electron chi connectivity index (χ3n) is 3.69. The average molecular weight is 443 g/mol. The number of thioether (sulfide) groups is 1. The quantitative estimate of drug-likeness (QED) is 0.341. The van der Waals surface area contributed by atoms with Crippen molar-refractivity contribution in [2.24, 2.45) is 10.7 Å². The summed E-state index contributed by atoms with van der Waals surface area (Å²) in [6.07, 6.45) is 0. The Morgan fingerprint density at radius 3 is 2.65 bits per heavy atom. The van der Waals surface area contributed by atoms with Crippen LogP contribution in [0.15, 0.2) is 47.5 Å². The molecule has 0 amide bonds. The number of guanidine groups is 1. The molecule has 0 bridgehead atoms. The SMILES string of the molecule is I.NC(=NCCOc1ccc2ccccc2c1)N1CCSCC1. The summed E-state index contributed by atoms with van der Waals surface area (Å²) < 4.78 is 5.77. The van der Waals surface area contributed by atoms with E-state index in [-0.39, 0.29) is 24.0 Å². The number of fused-ring (bicyclic) bond motifs is 1. The zero-order chi connectivity index (χ0) is 15.2. The molecule has 0 saturated carbocycles. The molecule has 1 fully saturated rings. The Labute approximate surface area is 158 Å². The van der Waals surface area contributed by atoms with Crippen molar-refractivity contribution in [2.45, 2.75) is 0 Å². The molecule has 2 N–H and O–H groups in total. The van der Waals surface area contributed by atoms with Crippen LogP contribution < -0.4 is 10.5 Å². The predicted octanol–water partition coefficient (Wildman–Crippen LogP) is 3.20. The van der Waals surface area contributed by atoms with Crippen LogP contribution >= 0.6 is 35.7 Å². The van der Waals surface area contributed by atoms with Gasteiger partial charge in [0.2, 0.25) is 0 Å². The molecule has 0 radical (unpaired) electrons. The molecule has 0 spiro atoms. The van der Waals surface area contributed by atoms with Crippen molar-refractivity contribution >= 4 is 52.5 Å². The van der Waals surface area contributed by atoms with Gasteiger partial charge in [0.25, 0.3) is 0 Å². The first-order chi connectivity index (χ1) is 10.8. The number of rotatable bonds is 4. The smallest absolute Gasteiger partial charge is 0.191 e. The molecule has 3 rings (SSSR count). The molecule has 124 valence electrons. The summed E-state index contributed by atoms with van der Waals surface area (Å²) in [7, 11) is 0. The van der Waals surface area contributed by atoms with Crippen molar-refractivity contribution in [3.8, 4) is 5.75 Å². The number of hydrogen-bond donors (Lipinski definition) is 1. The van der Waals surface area contributed by atoms with Crippen LogP contribution in [-0.2, 0) is 0 Å². The highest BCUT2D eigenvalue weighted by molar-refractivity contribution is 14.0. The minimum atomic E-state index is 0. The normalized spacial score (nSPS) is 15.3. The predicted molar refractivity (Wildman–Crippen MR) is 110 cm³/mol. The highest BCUT2D eigenvalue weighted by Gasteiger charge is 2.11. The maximum Gasteiger partial charge on any atom is 0.191 e. The number of aliphatic imine (C=N–C) groups is 1. The van der Waals surface area contributed by atoms with Gasteiger partial charge in [-0.3, -0.25) is 0 Å². The molecule has 0 atom stereocenters. The van der Waals surface area contributed by atoms with E-state index in [1.165, 1.54) is 10.8 Å². The zero-order valence-electron chi connectivity index (χ0n) is 13.0. The van der Waals surface area contributed by atoms with E-state index in [0.29, 0.717) is 19.1 Å². The molecule has 1 heterocycles. The Morgan fingerprint density at radius 1 is 1.13 bits per heavy atom. The Morgan fingerprint density at radius 2 is 1.87 bits per heavy atom.